The average Bonchev–Trinajstić information content (AvgIpc) is 2.46. The number of carbonyl (C=O) groups excluding carboxylic acids is 1. The molecule has 1 fully saturated rings. The first-order chi connectivity index (χ1) is 10.6. The zero-order valence-electron chi connectivity index (χ0n) is 14.0. The molecule has 0 bridgehead atoms. The Bertz CT molecular complexity index is 606. The molecule has 1 saturated carbocycles. The van der Waals surface area contributed by atoms with Gasteiger partial charge in [0, 0.05) is 28.5 Å². The molecule has 3 unspecified atom stereocenters. The van der Waals surface area contributed by atoms with Crippen molar-refractivity contribution in [2.45, 2.75) is 51.8 Å². The van der Waals surface area contributed by atoms with Crippen molar-refractivity contribution in [2.75, 3.05) is 6.61 Å². The Kier molecular flexibility index (Phi) is 5.31. The highest BCUT2D eigenvalue weighted by Gasteiger charge is 2.62. The Morgan fingerprint density at radius 1 is 1.48 bits per heavy atom. The second-order valence-electron chi connectivity index (χ2n) is 6.70. The van der Waals surface area contributed by atoms with Gasteiger partial charge in [0.05, 0.1) is 12.1 Å². The van der Waals surface area contributed by atoms with E-state index < -0.39 is 11.0 Å². The standard InChI is InChI=1S/C17H24Cl2N2O2/c1-5-23-14-9-17(20,16(14,3)4)15(22)21-10(2)12-7-6-11(18)8-13(12)19/h6-8,10,14H,5,9,20H2,1-4H3,(H,21,22). The Labute approximate surface area is 147 Å². The zero-order valence-corrected chi connectivity index (χ0v) is 15.5. The van der Waals surface area contributed by atoms with Crippen molar-refractivity contribution in [3.05, 3.63) is 33.8 Å². The van der Waals surface area contributed by atoms with Crippen LogP contribution in [0.15, 0.2) is 18.2 Å². The molecule has 3 atom stereocenters. The van der Waals surface area contributed by atoms with Crippen LogP contribution in [-0.2, 0) is 9.53 Å². The number of hydrogen-bond acceptors (Lipinski definition) is 3. The number of benzene rings is 1. The van der Waals surface area contributed by atoms with Gasteiger partial charge in [0.15, 0.2) is 0 Å². The number of amides is 1. The van der Waals surface area contributed by atoms with Crippen LogP contribution in [0.1, 0.15) is 45.7 Å². The van der Waals surface area contributed by atoms with Crippen molar-refractivity contribution in [2.24, 2.45) is 11.1 Å². The minimum atomic E-state index is -0.944. The summed E-state index contributed by atoms with van der Waals surface area (Å²) < 4.78 is 5.66. The first kappa shape index (κ1) is 18.5. The maximum atomic E-state index is 12.7. The fourth-order valence-corrected chi connectivity index (χ4v) is 3.65. The summed E-state index contributed by atoms with van der Waals surface area (Å²) in [6, 6.07) is 4.97. The van der Waals surface area contributed by atoms with Crippen LogP contribution >= 0.6 is 23.2 Å². The van der Waals surface area contributed by atoms with E-state index in [0.29, 0.717) is 23.1 Å². The minimum absolute atomic E-state index is 0.00215. The number of rotatable bonds is 5. The van der Waals surface area contributed by atoms with Gasteiger partial charge < -0.3 is 15.8 Å². The van der Waals surface area contributed by atoms with Gasteiger partial charge in [-0.1, -0.05) is 43.1 Å². The van der Waals surface area contributed by atoms with Gasteiger partial charge in [-0.15, -0.1) is 0 Å². The van der Waals surface area contributed by atoms with E-state index in [-0.39, 0.29) is 18.1 Å². The predicted octanol–water partition coefficient (Wildman–Crippen LogP) is 3.70. The van der Waals surface area contributed by atoms with Crippen molar-refractivity contribution >= 4 is 29.1 Å². The van der Waals surface area contributed by atoms with Crippen LogP contribution in [0.5, 0.6) is 0 Å². The molecule has 0 saturated heterocycles. The Morgan fingerprint density at radius 2 is 2.13 bits per heavy atom. The van der Waals surface area contributed by atoms with Crippen LogP contribution in [0.4, 0.5) is 0 Å². The van der Waals surface area contributed by atoms with Crippen molar-refractivity contribution in [1.29, 1.82) is 0 Å². The summed E-state index contributed by atoms with van der Waals surface area (Å²) in [4.78, 5) is 12.7. The number of carbonyl (C=O) groups is 1. The summed E-state index contributed by atoms with van der Waals surface area (Å²) in [6.07, 6.45) is 0.512. The first-order valence-corrected chi connectivity index (χ1v) is 8.55. The summed E-state index contributed by atoms with van der Waals surface area (Å²) in [5, 5.41) is 4.06. The highest BCUT2D eigenvalue weighted by molar-refractivity contribution is 6.35. The molecule has 0 spiro atoms. The fraction of sp³-hybridized carbons (Fsp3) is 0.588. The number of nitrogens with two attached hydrogens (primary N) is 1. The number of hydrogen-bond donors (Lipinski definition) is 2. The molecule has 1 aliphatic rings. The van der Waals surface area contributed by atoms with Gasteiger partial charge in [0.2, 0.25) is 5.91 Å². The number of nitrogens with one attached hydrogen (secondary N) is 1. The largest absolute Gasteiger partial charge is 0.378 e. The lowest BCUT2D eigenvalue weighted by atomic mass is 9.54. The third kappa shape index (κ3) is 3.22. The highest BCUT2D eigenvalue weighted by Crippen LogP contribution is 2.50. The molecule has 1 aromatic rings. The molecule has 0 radical (unpaired) electrons. The lowest BCUT2D eigenvalue weighted by Gasteiger charge is -2.57. The zero-order chi connectivity index (χ0) is 17.4. The Morgan fingerprint density at radius 3 is 2.65 bits per heavy atom. The van der Waals surface area contributed by atoms with E-state index in [1.807, 2.05) is 33.8 Å². The highest BCUT2D eigenvalue weighted by atomic mass is 35.5. The average molecular weight is 359 g/mol. The van der Waals surface area contributed by atoms with Gasteiger partial charge in [0.25, 0.3) is 0 Å². The van der Waals surface area contributed by atoms with Gasteiger partial charge in [0.1, 0.15) is 5.54 Å². The maximum absolute atomic E-state index is 12.7. The monoisotopic (exact) mass is 358 g/mol. The summed E-state index contributed by atoms with van der Waals surface area (Å²) in [5.41, 5.74) is 5.83. The molecule has 0 aromatic heterocycles. The minimum Gasteiger partial charge on any atom is -0.378 e. The quantitative estimate of drug-likeness (QED) is 0.843. The SMILES string of the molecule is CCOC1CC(N)(C(=O)NC(C)c2ccc(Cl)cc2Cl)C1(C)C. The second-order valence-corrected chi connectivity index (χ2v) is 7.55. The van der Waals surface area contributed by atoms with Crippen molar-refractivity contribution in [1.82, 2.24) is 5.32 Å². The van der Waals surface area contributed by atoms with E-state index in [1.165, 1.54) is 0 Å². The molecule has 3 N–H and O–H groups in total. The summed E-state index contributed by atoms with van der Waals surface area (Å²) in [7, 11) is 0. The smallest absolute Gasteiger partial charge is 0.241 e. The topological polar surface area (TPSA) is 64.3 Å². The van der Waals surface area contributed by atoms with E-state index in [0.717, 1.165) is 5.56 Å². The van der Waals surface area contributed by atoms with Crippen molar-refractivity contribution < 1.29 is 9.53 Å². The molecule has 128 valence electrons. The molecule has 1 aromatic carbocycles. The van der Waals surface area contributed by atoms with Crippen LogP contribution in [0.25, 0.3) is 0 Å². The molecule has 2 rings (SSSR count). The van der Waals surface area contributed by atoms with Crippen LogP contribution < -0.4 is 11.1 Å². The number of ether oxygens (including phenoxy) is 1. The van der Waals surface area contributed by atoms with E-state index in [9.17, 15) is 4.79 Å². The summed E-state index contributed by atoms with van der Waals surface area (Å²) >= 11 is 12.1. The fourth-order valence-electron chi connectivity index (χ4n) is 3.08. The maximum Gasteiger partial charge on any atom is 0.241 e. The van der Waals surface area contributed by atoms with Gasteiger partial charge in [-0.25, -0.2) is 0 Å². The third-order valence-electron chi connectivity index (χ3n) is 5.01. The molecule has 23 heavy (non-hydrogen) atoms. The molecule has 4 nitrogen and oxygen atoms in total. The van der Waals surface area contributed by atoms with Gasteiger partial charge in [-0.2, -0.15) is 0 Å². The van der Waals surface area contributed by atoms with E-state index in [4.69, 9.17) is 33.7 Å². The Hall–Kier alpha value is -0.810. The van der Waals surface area contributed by atoms with E-state index in [2.05, 4.69) is 5.32 Å². The predicted molar refractivity (Wildman–Crippen MR) is 93.8 cm³/mol. The van der Waals surface area contributed by atoms with Crippen LogP contribution in [0, 0.1) is 5.41 Å². The molecular weight excluding hydrogens is 335 g/mol. The van der Waals surface area contributed by atoms with Gasteiger partial charge >= 0.3 is 0 Å². The van der Waals surface area contributed by atoms with E-state index in [1.54, 1.807) is 12.1 Å². The normalized spacial score (nSPS) is 27.2. The van der Waals surface area contributed by atoms with Crippen LogP contribution in [-0.4, -0.2) is 24.2 Å². The molecule has 6 heteroatoms. The molecule has 1 aliphatic carbocycles. The molecule has 0 heterocycles. The van der Waals surface area contributed by atoms with Crippen molar-refractivity contribution in [3.63, 3.8) is 0 Å². The molecule has 1 amide bonds. The van der Waals surface area contributed by atoms with Gasteiger partial charge in [-0.05, 0) is 31.5 Å². The third-order valence-corrected chi connectivity index (χ3v) is 5.57. The second kappa shape index (κ2) is 6.60. The van der Waals surface area contributed by atoms with Crippen molar-refractivity contribution in [3.8, 4) is 0 Å². The van der Waals surface area contributed by atoms with Crippen LogP contribution in [0.2, 0.25) is 10.0 Å². The van der Waals surface area contributed by atoms with Gasteiger partial charge in [-0.3, -0.25) is 4.79 Å². The van der Waals surface area contributed by atoms with E-state index >= 15 is 0 Å². The molecule has 0 aliphatic heterocycles. The van der Waals surface area contributed by atoms with Crippen LogP contribution in [0.3, 0.4) is 0 Å². The summed E-state index contributed by atoms with van der Waals surface area (Å²) in [5.74, 6) is -0.183. The lowest BCUT2D eigenvalue weighted by molar-refractivity contribution is -0.171. The lowest BCUT2D eigenvalue weighted by Crippen LogP contribution is -2.75. The Balaban J connectivity index is 2.10. The molecular formula is C17H24Cl2N2O2. The number of halogens is 2. The summed E-state index contributed by atoms with van der Waals surface area (Å²) in [6.45, 7) is 8.37. The first-order valence-electron chi connectivity index (χ1n) is 7.80.